The summed E-state index contributed by atoms with van der Waals surface area (Å²) in [4.78, 5) is 2.55. The van der Waals surface area contributed by atoms with Gasteiger partial charge in [0, 0.05) is 18.5 Å². The Morgan fingerprint density at radius 3 is 3.07 bits per heavy atom. The molecular formula is C22H27N3O2. The third kappa shape index (κ3) is 4.67. The standard InChI is InChI=1S/C22H27N3O2/c26-9-10-27-21-5-1-3-19(13-21)16-25-8-2-4-18(15-25)11-17-6-7-22-20(12-17)14-23-24-22/h1,3,5-7,12-14,18,26H,2,4,8-11,15-16H2,(H,23,24). The zero-order valence-corrected chi connectivity index (χ0v) is 15.6. The smallest absolute Gasteiger partial charge is 0.119 e. The van der Waals surface area contributed by atoms with Gasteiger partial charge in [0.15, 0.2) is 0 Å². The van der Waals surface area contributed by atoms with E-state index < -0.39 is 0 Å². The number of nitrogens with one attached hydrogen (secondary N) is 1. The molecule has 1 fully saturated rings. The lowest BCUT2D eigenvalue weighted by atomic mass is 9.90. The van der Waals surface area contributed by atoms with Crippen molar-refractivity contribution in [3.8, 4) is 5.75 Å². The van der Waals surface area contributed by atoms with Crippen molar-refractivity contribution in [1.29, 1.82) is 0 Å². The largest absolute Gasteiger partial charge is 0.491 e. The maximum atomic E-state index is 8.92. The van der Waals surface area contributed by atoms with Crippen molar-refractivity contribution in [2.75, 3.05) is 26.3 Å². The molecule has 0 bridgehead atoms. The normalized spacial score (nSPS) is 18.0. The highest BCUT2D eigenvalue weighted by Crippen LogP contribution is 2.24. The van der Waals surface area contributed by atoms with E-state index in [0.29, 0.717) is 12.5 Å². The molecule has 1 atom stereocenters. The van der Waals surface area contributed by atoms with Gasteiger partial charge in [0.2, 0.25) is 0 Å². The molecule has 1 saturated heterocycles. The van der Waals surface area contributed by atoms with Crippen LogP contribution in [-0.4, -0.2) is 46.5 Å². The highest BCUT2D eigenvalue weighted by Gasteiger charge is 2.20. The Morgan fingerprint density at radius 2 is 2.15 bits per heavy atom. The molecule has 5 heteroatoms. The summed E-state index contributed by atoms with van der Waals surface area (Å²) in [6, 6.07) is 14.8. The molecule has 2 N–H and O–H groups in total. The van der Waals surface area contributed by atoms with Crippen molar-refractivity contribution in [2.24, 2.45) is 5.92 Å². The molecule has 1 aliphatic heterocycles. The van der Waals surface area contributed by atoms with Crippen LogP contribution in [0.2, 0.25) is 0 Å². The van der Waals surface area contributed by atoms with E-state index >= 15 is 0 Å². The first-order valence-electron chi connectivity index (χ1n) is 9.77. The van der Waals surface area contributed by atoms with Gasteiger partial charge < -0.3 is 9.84 Å². The number of likely N-dealkylation sites (tertiary alicyclic amines) is 1. The molecule has 5 nitrogen and oxygen atoms in total. The molecule has 2 heterocycles. The Morgan fingerprint density at radius 1 is 1.19 bits per heavy atom. The lowest BCUT2D eigenvalue weighted by Crippen LogP contribution is -2.35. The van der Waals surface area contributed by atoms with Crippen LogP contribution in [-0.2, 0) is 13.0 Å². The average molecular weight is 365 g/mol. The van der Waals surface area contributed by atoms with Gasteiger partial charge in [-0.1, -0.05) is 18.2 Å². The van der Waals surface area contributed by atoms with E-state index in [1.807, 2.05) is 18.3 Å². The number of rotatable bonds is 7. The van der Waals surface area contributed by atoms with Crippen molar-refractivity contribution in [2.45, 2.75) is 25.8 Å². The van der Waals surface area contributed by atoms with Crippen LogP contribution < -0.4 is 4.74 Å². The van der Waals surface area contributed by atoms with E-state index in [0.717, 1.165) is 37.3 Å². The second-order valence-corrected chi connectivity index (χ2v) is 7.46. The maximum Gasteiger partial charge on any atom is 0.119 e. The molecule has 2 aromatic carbocycles. The molecule has 1 aromatic heterocycles. The van der Waals surface area contributed by atoms with Gasteiger partial charge >= 0.3 is 0 Å². The number of H-pyrrole nitrogens is 1. The van der Waals surface area contributed by atoms with E-state index in [-0.39, 0.29) is 6.61 Å². The minimum Gasteiger partial charge on any atom is -0.491 e. The van der Waals surface area contributed by atoms with Gasteiger partial charge in [-0.3, -0.25) is 10.00 Å². The summed E-state index contributed by atoms with van der Waals surface area (Å²) in [5, 5.41) is 17.2. The second kappa shape index (κ2) is 8.55. The van der Waals surface area contributed by atoms with Crippen LogP contribution >= 0.6 is 0 Å². The van der Waals surface area contributed by atoms with Crippen molar-refractivity contribution in [1.82, 2.24) is 15.1 Å². The summed E-state index contributed by atoms with van der Waals surface area (Å²) in [7, 11) is 0. The predicted octanol–water partition coefficient (Wildman–Crippen LogP) is 3.39. The highest BCUT2D eigenvalue weighted by atomic mass is 16.5. The molecule has 142 valence electrons. The zero-order valence-electron chi connectivity index (χ0n) is 15.6. The second-order valence-electron chi connectivity index (χ2n) is 7.46. The van der Waals surface area contributed by atoms with Crippen LogP contribution in [0.5, 0.6) is 5.75 Å². The van der Waals surface area contributed by atoms with Gasteiger partial charge in [-0.05, 0) is 67.1 Å². The minimum absolute atomic E-state index is 0.0443. The molecule has 0 amide bonds. The molecule has 4 rings (SSSR count). The summed E-state index contributed by atoms with van der Waals surface area (Å²) < 4.78 is 5.54. The Balaban J connectivity index is 1.36. The molecule has 0 saturated carbocycles. The van der Waals surface area contributed by atoms with E-state index in [9.17, 15) is 0 Å². The molecule has 0 spiro atoms. The number of fused-ring (bicyclic) bond motifs is 1. The summed E-state index contributed by atoms with van der Waals surface area (Å²) in [5.41, 5.74) is 3.77. The number of aromatic amines is 1. The van der Waals surface area contributed by atoms with E-state index in [1.54, 1.807) is 0 Å². The first-order chi connectivity index (χ1) is 13.3. The van der Waals surface area contributed by atoms with Gasteiger partial charge in [0.05, 0.1) is 18.3 Å². The summed E-state index contributed by atoms with van der Waals surface area (Å²) in [6.45, 7) is 3.62. The molecule has 0 radical (unpaired) electrons. The number of aromatic nitrogens is 2. The van der Waals surface area contributed by atoms with Crippen molar-refractivity contribution in [3.63, 3.8) is 0 Å². The number of nitrogens with zero attached hydrogens (tertiary/aromatic N) is 2. The Labute approximate surface area is 160 Å². The van der Waals surface area contributed by atoms with Crippen molar-refractivity contribution < 1.29 is 9.84 Å². The van der Waals surface area contributed by atoms with Crippen LogP contribution in [0.3, 0.4) is 0 Å². The van der Waals surface area contributed by atoms with E-state index in [2.05, 4.69) is 45.4 Å². The minimum atomic E-state index is 0.0443. The number of benzene rings is 2. The number of hydrogen-bond donors (Lipinski definition) is 2. The topological polar surface area (TPSA) is 61.4 Å². The van der Waals surface area contributed by atoms with Gasteiger partial charge in [0.1, 0.15) is 12.4 Å². The van der Waals surface area contributed by atoms with Crippen LogP contribution in [0.15, 0.2) is 48.7 Å². The third-order valence-electron chi connectivity index (χ3n) is 5.30. The van der Waals surface area contributed by atoms with Gasteiger partial charge in [-0.25, -0.2) is 0 Å². The van der Waals surface area contributed by atoms with Gasteiger partial charge in [-0.2, -0.15) is 5.10 Å². The Bertz CT molecular complexity index is 877. The molecule has 1 unspecified atom stereocenters. The number of piperidine rings is 1. The molecular weight excluding hydrogens is 338 g/mol. The van der Waals surface area contributed by atoms with E-state index in [1.165, 1.54) is 29.4 Å². The van der Waals surface area contributed by atoms with Crippen molar-refractivity contribution in [3.05, 3.63) is 59.8 Å². The summed E-state index contributed by atoms with van der Waals surface area (Å²) in [5.74, 6) is 1.53. The van der Waals surface area contributed by atoms with Gasteiger partial charge in [0.25, 0.3) is 0 Å². The first-order valence-corrected chi connectivity index (χ1v) is 9.77. The van der Waals surface area contributed by atoms with Crippen molar-refractivity contribution >= 4 is 10.9 Å². The lowest BCUT2D eigenvalue weighted by Gasteiger charge is -2.33. The number of aliphatic hydroxyl groups excluding tert-OH is 1. The van der Waals surface area contributed by atoms with Crippen LogP contribution in [0.1, 0.15) is 24.0 Å². The molecule has 3 aromatic rings. The van der Waals surface area contributed by atoms with Crippen LogP contribution in [0.4, 0.5) is 0 Å². The Kier molecular flexibility index (Phi) is 5.70. The SMILES string of the molecule is OCCOc1cccc(CN2CCCC(Cc3ccc4[nH]ncc4c3)C2)c1. The quantitative estimate of drug-likeness (QED) is 0.674. The van der Waals surface area contributed by atoms with Gasteiger partial charge in [-0.15, -0.1) is 0 Å². The fourth-order valence-electron chi connectivity index (χ4n) is 4.07. The monoisotopic (exact) mass is 365 g/mol. The fourth-order valence-corrected chi connectivity index (χ4v) is 4.07. The Hall–Kier alpha value is -2.37. The first kappa shape index (κ1) is 18.0. The average Bonchev–Trinajstić information content (AvgIpc) is 3.15. The molecule has 0 aliphatic carbocycles. The van der Waals surface area contributed by atoms with Crippen LogP contribution in [0, 0.1) is 5.92 Å². The van der Waals surface area contributed by atoms with Crippen LogP contribution in [0.25, 0.3) is 10.9 Å². The highest BCUT2D eigenvalue weighted by molar-refractivity contribution is 5.78. The zero-order chi connectivity index (χ0) is 18.5. The number of aliphatic hydroxyl groups is 1. The number of ether oxygens (including phenoxy) is 1. The maximum absolute atomic E-state index is 8.92. The third-order valence-corrected chi connectivity index (χ3v) is 5.30. The lowest BCUT2D eigenvalue weighted by molar-refractivity contribution is 0.166. The molecule has 27 heavy (non-hydrogen) atoms. The summed E-state index contributed by atoms with van der Waals surface area (Å²) in [6.07, 6.45) is 5.56. The molecule has 1 aliphatic rings. The summed E-state index contributed by atoms with van der Waals surface area (Å²) >= 11 is 0. The number of hydrogen-bond acceptors (Lipinski definition) is 4. The predicted molar refractivity (Wildman–Crippen MR) is 107 cm³/mol. The fraction of sp³-hybridized carbons (Fsp3) is 0.409. The van der Waals surface area contributed by atoms with E-state index in [4.69, 9.17) is 9.84 Å².